The van der Waals surface area contributed by atoms with Crippen LogP contribution in [0.1, 0.15) is 6.92 Å². The van der Waals surface area contributed by atoms with Crippen LogP contribution in [-0.2, 0) is 4.79 Å². The van der Waals surface area contributed by atoms with Gasteiger partial charge in [-0.1, -0.05) is 29.5 Å². The number of amides is 1. The van der Waals surface area contributed by atoms with Crippen molar-refractivity contribution in [3.8, 4) is 0 Å². The minimum atomic E-state index is -2.33. The van der Waals surface area contributed by atoms with Crippen LogP contribution >= 0.6 is 22.6 Å². The Balaban J connectivity index is -0.0000000278. The Labute approximate surface area is 183 Å². The largest absolute Gasteiger partial charge is 1.00 e. The Hall–Kier alpha value is 2.74. The number of carboxylic acid groups (broad SMARTS) is 2. The van der Waals surface area contributed by atoms with E-state index in [1.807, 2.05) is 0 Å². The molecule has 0 spiro atoms. The molecule has 0 aliphatic heterocycles. The van der Waals surface area contributed by atoms with Crippen molar-refractivity contribution in [2.75, 3.05) is 18.5 Å². The van der Waals surface area contributed by atoms with Crippen LogP contribution in [0.25, 0.3) is 0 Å². The zero-order valence-electron chi connectivity index (χ0n) is 9.24. The Bertz CT molecular complexity index is 112. The Morgan fingerprint density at radius 2 is 1.43 bits per heavy atom. The van der Waals surface area contributed by atoms with E-state index in [0.29, 0.717) is 0 Å². The zero-order chi connectivity index (χ0) is 10.6. The van der Waals surface area contributed by atoms with E-state index in [1.165, 1.54) is 9.33 Å². The predicted molar refractivity (Wildman–Crippen MR) is 49.7 cm³/mol. The van der Waals surface area contributed by atoms with Crippen molar-refractivity contribution in [1.29, 1.82) is 0 Å². The van der Waals surface area contributed by atoms with Crippen LogP contribution in [0, 0.1) is 0 Å². The van der Waals surface area contributed by atoms with Gasteiger partial charge in [0.25, 0.3) is 0 Å². The normalized spacial score (nSPS) is 5.43. The number of carbonyl (C=O) groups excluding carboxylic acids is 2. The van der Waals surface area contributed by atoms with Crippen molar-refractivity contribution in [1.82, 2.24) is 4.90 Å². The van der Waals surface area contributed by atoms with Gasteiger partial charge in [0, 0.05) is 14.1 Å². The number of rotatable bonds is 1. The van der Waals surface area contributed by atoms with Gasteiger partial charge in [-0.25, -0.2) is 0 Å². The van der Waals surface area contributed by atoms with Gasteiger partial charge in [-0.15, -0.1) is 0 Å². The molecule has 0 fully saturated rings. The van der Waals surface area contributed by atoms with Crippen molar-refractivity contribution in [3.63, 3.8) is 0 Å². The third-order valence-corrected chi connectivity index (χ3v) is 0.211. The average molecular weight is 367 g/mol. The van der Waals surface area contributed by atoms with Gasteiger partial charge in [-0.05, 0) is 10.6 Å². The molecule has 14 heavy (non-hydrogen) atoms. The van der Waals surface area contributed by atoms with E-state index in [-0.39, 0.29) is 103 Å². The number of hydrogen-bond donors (Lipinski definition) is 0. The molecule has 0 rings (SSSR count). The third kappa shape index (κ3) is 124. The first kappa shape index (κ1) is 30.1. The first-order valence-corrected chi connectivity index (χ1v) is 4.50. The second-order valence-corrected chi connectivity index (χ2v) is 3.11. The molecule has 0 bridgehead atoms. The van der Waals surface area contributed by atoms with Gasteiger partial charge in [-0.3, -0.25) is 4.79 Å². The molecule has 0 saturated heterocycles. The molecule has 0 aromatic rings. The fourth-order valence-corrected chi connectivity index (χ4v) is 0. The summed E-state index contributed by atoms with van der Waals surface area (Å²) in [5, 5.41) is 16.7. The van der Waals surface area contributed by atoms with Gasteiger partial charge in [0.1, 0.15) is 0 Å². The van der Waals surface area contributed by atoms with Crippen LogP contribution in [0.3, 0.4) is 0 Å². The van der Waals surface area contributed by atoms with Gasteiger partial charge in [0.05, 0.1) is 0 Å². The molecule has 0 atom stereocenters. The molecule has 1 amide bonds. The van der Waals surface area contributed by atoms with Crippen LogP contribution in [0.2, 0.25) is 0 Å². The maximum absolute atomic E-state index is 9.43. The van der Waals surface area contributed by atoms with E-state index in [0.717, 1.165) is 6.41 Å². The van der Waals surface area contributed by atoms with Gasteiger partial charge in [0.15, 0.2) is 0 Å². The Morgan fingerprint density at radius 3 is 1.43 bits per heavy atom. The summed E-state index contributed by atoms with van der Waals surface area (Å²) in [6.45, 7) is 2.11. The average Bonchev–Trinajstić information content (AvgIpc) is 1.88. The standard InChI is InChI=1S/C3H7NO.C2H5I.CH2O3.2K/c1-4(2)3-5;1-2-3;2-1(3)4;;/h3H,1-2H3;2H2,1H3;(H2,2,3,4);;/q;;;2*+1/p-2. The maximum Gasteiger partial charge on any atom is 1.00 e. The summed E-state index contributed by atoms with van der Waals surface area (Å²) < 4.78 is 1.22. The van der Waals surface area contributed by atoms with Crippen molar-refractivity contribution in [2.24, 2.45) is 0 Å². The second-order valence-electron chi connectivity index (χ2n) is 1.59. The summed E-state index contributed by atoms with van der Waals surface area (Å²) in [5.74, 6) is 0. The smallest absolute Gasteiger partial charge is 0.652 e. The summed E-state index contributed by atoms with van der Waals surface area (Å²) in [6, 6.07) is 0. The molecule has 8 heteroatoms. The summed E-state index contributed by atoms with van der Waals surface area (Å²) in [7, 11) is 3.38. The summed E-state index contributed by atoms with van der Waals surface area (Å²) >= 11 is 2.29. The van der Waals surface area contributed by atoms with Crippen LogP contribution in [0.15, 0.2) is 0 Å². The molecule has 0 aliphatic rings. The zero-order valence-corrected chi connectivity index (χ0v) is 17.6. The molecule has 5 nitrogen and oxygen atoms in total. The van der Waals surface area contributed by atoms with Crippen molar-refractivity contribution < 1.29 is 123 Å². The van der Waals surface area contributed by atoms with Gasteiger partial charge >= 0.3 is 103 Å². The number of alkyl halides is 1. The predicted octanol–water partition coefficient (Wildman–Crippen LogP) is -7.29. The van der Waals surface area contributed by atoms with Crippen LogP contribution in [0.5, 0.6) is 0 Å². The summed E-state index contributed by atoms with van der Waals surface area (Å²) in [4.78, 5) is 19.2. The number of halogens is 1. The first-order valence-electron chi connectivity index (χ1n) is 2.98. The molecular formula is C6H12IK2NO4. The van der Waals surface area contributed by atoms with E-state index in [4.69, 9.17) is 15.0 Å². The molecule has 74 valence electrons. The minimum Gasteiger partial charge on any atom is -0.652 e. The van der Waals surface area contributed by atoms with E-state index in [9.17, 15) is 4.79 Å². The third-order valence-electron chi connectivity index (χ3n) is 0.211. The Kier molecular flexibility index (Phi) is 63.7. The van der Waals surface area contributed by atoms with E-state index >= 15 is 0 Å². The van der Waals surface area contributed by atoms with Gasteiger partial charge in [-0.2, -0.15) is 0 Å². The van der Waals surface area contributed by atoms with Crippen molar-refractivity contribution >= 4 is 35.2 Å². The van der Waals surface area contributed by atoms with Gasteiger partial charge in [0.2, 0.25) is 6.41 Å². The molecule has 0 aromatic carbocycles. The Morgan fingerprint density at radius 1 is 1.36 bits per heavy atom. The van der Waals surface area contributed by atoms with Crippen LogP contribution in [-0.4, -0.2) is 36.0 Å². The molecule has 0 radical (unpaired) electrons. The maximum atomic E-state index is 9.43. The minimum absolute atomic E-state index is 0. The molecule has 0 N–H and O–H groups in total. The molecule has 0 aromatic heterocycles. The van der Waals surface area contributed by atoms with E-state index < -0.39 is 6.16 Å². The van der Waals surface area contributed by atoms with Crippen LogP contribution in [0.4, 0.5) is 4.79 Å². The second kappa shape index (κ2) is 29.6. The van der Waals surface area contributed by atoms with Crippen LogP contribution < -0.4 is 113 Å². The quantitative estimate of drug-likeness (QED) is 0.200. The summed E-state index contributed by atoms with van der Waals surface area (Å²) in [5.41, 5.74) is 0. The number of hydrogen-bond acceptors (Lipinski definition) is 4. The number of carbonyl (C=O) groups is 2. The molecule has 0 aliphatic carbocycles. The number of nitrogens with zero attached hydrogens (tertiary/aromatic N) is 1. The molecule has 0 unspecified atom stereocenters. The van der Waals surface area contributed by atoms with E-state index in [2.05, 4.69) is 29.5 Å². The molecule has 0 heterocycles. The topological polar surface area (TPSA) is 83.5 Å². The SMILES string of the molecule is CCI.CN(C)C=O.O=C([O-])[O-].[K+].[K+]. The van der Waals surface area contributed by atoms with Crippen molar-refractivity contribution in [3.05, 3.63) is 0 Å². The molecule has 0 saturated carbocycles. The molecular weight excluding hydrogens is 355 g/mol. The van der Waals surface area contributed by atoms with E-state index in [1.54, 1.807) is 14.1 Å². The van der Waals surface area contributed by atoms with Gasteiger partial charge < -0.3 is 19.9 Å². The summed E-state index contributed by atoms with van der Waals surface area (Å²) in [6.07, 6.45) is -1.58. The fraction of sp³-hybridized carbons (Fsp3) is 0.667. The fourth-order valence-electron chi connectivity index (χ4n) is 0. The van der Waals surface area contributed by atoms with Crippen molar-refractivity contribution in [2.45, 2.75) is 6.92 Å². The first-order chi connectivity index (χ1) is 5.42. The monoisotopic (exact) mass is 367 g/mol.